The number of hydrogen-bond acceptors (Lipinski definition) is 6. The van der Waals surface area contributed by atoms with E-state index in [0.29, 0.717) is 0 Å². The summed E-state index contributed by atoms with van der Waals surface area (Å²) in [6.07, 6.45) is 1.14. The van der Waals surface area contributed by atoms with E-state index in [-0.39, 0.29) is 22.4 Å². The summed E-state index contributed by atoms with van der Waals surface area (Å²) >= 11 is 0. The van der Waals surface area contributed by atoms with E-state index in [9.17, 15) is 0 Å². The fraction of sp³-hybridized carbons (Fsp3) is 0.156. The molecule has 0 aromatic heterocycles. The van der Waals surface area contributed by atoms with Gasteiger partial charge in [0.05, 0.1) is 12.6 Å². The van der Waals surface area contributed by atoms with Gasteiger partial charge in [0, 0.05) is 13.5 Å². The number of nitrogens with zero attached hydrogens (tertiary/aromatic N) is 2. The second-order valence-electron chi connectivity index (χ2n) is 8.90. The maximum atomic E-state index is 8.49. The van der Waals surface area contributed by atoms with E-state index in [4.69, 9.17) is 23.9 Å². The number of halogens is 1. The Bertz CT molecular complexity index is 1430. The van der Waals surface area contributed by atoms with Gasteiger partial charge in [-0.15, -0.1) is 10.2 Å². The molecule has 0 N–H and O–H groups in total. The van der Waals surface area contributed by atoms with Gasteiger partial charge in [-0.25, -0.2) is 18.6 Å². The Labute approximate surface area is 260 Å². The number of fused-ring (bicyclic) bond motifs is 2. The predicted molar refractivity (Wildman–Crippen MR) is 154 cm³/mol. The second kappa shape index (κ2) is 17.4. The van der Waals surface area contributed by atoms with Crippen molar-refractivity contribution in [1.82, 2.24) is 4.67 Å². The van der Waals surface area contributed by atoms with Gasteiger partial charge in [-0.1, -0.05) is 91.9 Å². The van der Waals surface area contributed by atoms with Crippen molar-refractivity contribution in [3.8, 4) is 6.07 Å². The predicted octanol–water partition coefficient (Wildman–Crippen LogP) is 2.76. The third kappa shape index (κ3) is 10.6. The molecule has 9 heteroatoms. The summed E-state index contributed by atoms with van der Waals surface area (Å²) in [6.45, 7) is 5.76. The van der Waals surface area contributed by atoms with Crippen molar-refractivity contribution in [3.05, 3.63) is 121 Å². The summed E-state index contributed by atoms with van der Waals surface area (Å²) in [4.78, 5) is 0. The van der Waals surface area contributed by atoms with Crippen LogP contribution in [0.5, 0.6) is 0 Å². The van der Waals surface area contributed by atoms with Crippen LogP contribution in [0.1, 0.15) is 25.8 Å². The van der Waals surface area contributed by atoms with Crippen LogP contribution < -0.4 is 29.2 Å². The van der Waals surface area contributed by atoms with E-state index in [1.807, 2.05) is 0 Å². The topological polar surface area (TPSA) is 119 Å². The third-order valence-electron chi connectivity index (χ3n) is 6.14. The van der Waals surface area contributed by atoms with Crippen molar-refractivity contribution in [2.45, 2.75) is 26.8 Å². The Kier molecular flexibility index (Phi) is 14.6. The zero-order valence-electron chi connectivity index (χ0n) is 22.8. The van der Waals surface area contributed by atoms with Crippen LogP contribution in [0.2, 0.25) is 0 Å². The molecule has 0 spiro atoms. The largest absolute Gasteiger partial charge is 1.00 e. The van der Waals surface area contributed by atoms with Crippen molar-refractivity contribution in [2.75, 3.05) is 6.54 Å². The number of hydrogen-bond donors (Lipinski definition) is 0. The molecule has 5 rings (SSSR count). The summed E-state index contributed by atoms with van der Waals surface area (Å²) in [5, 5.41) is 15.6. The molecule has 216 valence electrons. The van der Waals surface area contributed by atoms with Gasteiger partial charge in [0.1, 0.15) is 18.7 Å². The first kappa shape index (κ1) is 34.6. The van der Waals surface area contributed by atoms with Gasteiger partial charge in [0.25, 0.3) is 0 Å². The van der Waals surface area contributed by atoms with Gasteiger partial charge in [0.2, 0.25) is 0 Å². The van der Waals surface area contributed by atoms with Crippen LogP contribution in [0.3, 0.4) is 0 Å². The van der Waals surface area contributed by atoms with Crippen molar-refractivity contribution >= 4 is 40.2 Å². The SMILES string of the molecule is CC#N.CCCN(Cc1c2ccccc2cc2ccccc12)[PH+](c1ccccc1)c1ccccc1.[Au+].[O-][Cl+3]([O-])([O-])[O-]. The molecule has 0 saturated heterocycles. The molecular weight excluding hydrogens is 740 g/mol. The summed E-state index contributed by atoms with van der Waals surface area (Å²) in [7, 11) is -6.05. The Morgan fingerprint density at radius 1 is 0.707 bits per heavy atom. The normalized spacial score (nSPS) is 10.7. The molecule has 5 aromatic carbocycles. The minimum atomic E-state index is -4.94. The van der Waals surface area contributed by atoms with Crippen molar-refractivity contribution in [2.24, 2.45) is 0 Å². The van der Waals surface area contributed by atoms with Crippen LogP contribution in [0.15, 0.2) is 115 Å². The molecular formula is C32H32AuClN2O4P+. The molecule has 0 heterocycles. The van der Waals surface area contributed by atoms with Gasteiger partial charge >= 0.3 is 22.4 Å². The van der Waals surface area contributed by atoms with E-state index in [1.165, 1.54) is 44.6 Å². The first-order valence-corrected chi connectivity index (χ1v) is 15.5. The van der Waals surface area contributed by atoms with Crippen LogP contribution in [0.4, 0.5) is 0 Å². The molecule has 0 aliphatic carbocycles. The average Bonchev–Trinajstić information content (AvgIpc) is 2.94. The Morgan fingerprint density at radius 2 is 1.07 bits per heavy atom. The minimum Gasteiger partial charge on any atom is -0.222 e. The molecule has 0 bridgehead atoms. The fourth-order valence-electron chi connectivity index (χ4n) is 4.73. The zero-order valence-corrected chi connectivity index (χ0v) is 26.7. The van der Waals surface area contributed by atoms with E-state index in [0.717, 1.165) is 19.5 Å². The molecule has 5 aromatic rings. The monoisotopic (exact) mass is 771 g/mol. The van der Waals surface area contributed by atoms with Crippen LogP contribution >= 0.6 is 8.07 Å². The van der Waals surface area contributed by atoms with Gasteiger partial charge < -0.3 is 0 Å². The van der Waals surface area contributed by atoms with Gasteiger partial charge in [-0.3, -0.25) is 0 Å². The molecule has 41 heavy (non-hydrogen) atoms. The van der Waals surface area contributed by atoms with Crippen molar-refractivity contribution in [3.63, 3.8) is 0 Å². The van der Waals surface area contributed by atoms with Crippen LogP contribution in [-0.2, 0) is 28.9 Å². The molecule has 0 fully saturated rings. The van der Waals surface area contributed by atoms with Crippen LogP contribution in [0, 0.1) is 21.6 Å². The molecule has 0 saturated carbocycles. The van der Waals surface area contributed by atoms with Gasteiger partial charge in [0.15, 0.2) is 0 Å². The van der Waals surface area contributed by atoms with Crippen LogP contribution in [0.25, 0.3) is 21.5 Å². The Morgan fingerprint density at radius 3 is 1.46 bits per heavy atom. The molecule has 0 aliphatic heterocycles. The molecule has 0 unspecified atom stereocenters. The Balaban J connectivity index is 0.000000583. The quantitative estimate of drug-likeness (QED) is 0.143. The van der Waals surface area contributed by atoms with Gasteiger partial charge in [-0.2, -0.15) is 9.93 Å². The first-order chi connectivity index (χ1) is 19.3. The van der Waals surface area contributed by atoms with E-state index >= 15 is 0 Å². The molecule has 6 nitrogen and oxygen atoms in total. The molecule has 0 radical (unpaired) electrons. The first-order valence-electron chi connectivity index (χ1n) is 12.8. The summed E-state index contributed by atoms with van der Waals surface area (Å²) in [5.74, 6) is 0. The van der Waals surface area contributed by atoms with E-state index < -0.39 is 18.3 Å². The summed E-state index contributed by atoms with van der Waals surface area (Å²) in [5.41, 5.74) is 1.45. The average molecular weight is 772 g/mol. The molecule has 0 amide bonds. The Hall–Kier alpha value is -2.63. The fourth-order valence-corrected chi connectivity index (χ4v) is 7.58. The maximum absolute atomic E-state index is 8.49. The molecule has 0 atom stereocenters. The maximum Gasteiger partial charge on any atom is 1.00 e. The molecule has 0 aliphatic rings. The van der Waals surface area contributed by atoms with Crippen molar-refractivity contribution in [1.29, 1.82) is 5.26 Å². The van der Waals surface area contributed by atoms with Crippen molar-refractivity contribution < 1.29 is 51.3 Å². The number of benzene rings is 5. The standard InChI is InChI=1S/C30H28NP.C2H3N.Au.ClHO4/c1-2-21-31(32(26-15-5-3-6-16-26)27-17-7-4-8-18-27)23-30-28-19-11-9-13-24(28)22-25-14-10-12-20-29(25)30;1-2-3;;2-1(3,4)5/h3-20,22H,2,21,23H2,1H3;1H3;;(H,2,3,4,5)/q;;+1;. The second-order valence-corrected chi connectivity index (χ2v) is 12.1. The smallest absolute Gasteiger partial charge is 0.222 e. The summed E-state index contributed by atoms with van der Waals surface area (Å²) < 4.78 is 36.7. The number of rotatable bonds is 7. The van der Waals surface area contributed by atoms with Crippen LogP contribution in [-0.4, -0.2) is 11.2 Å². The third-order valence-corrected chi connectivity index (χ3v) is 8.91. The minimum absolute atomic E-state index is 0. The van der Waals surface area contributed by atoms with Gasteiger partial charge in [-0.05, 0) is 63.9 Å². The summed E-state index contributed by atoms with van der Waals surface area (Å²) in [6, 6.07) is 44.0. The number of nitriles is 1. The zero-order chi connectivity index (χ0) is 29.0. The van der Waals surface area contributed by atoms with E-state index in [1.54, 1.807) is 6.07 Å². The van der Waals surface area contributed by atoms with E-state index in [2.05, 4.69) is 127 Å².